The molecule has 2 heterocycles. The van der Waals surface area contributed by atoms with E-state index in [0.717, 1.165) is 30.8 Å². The fraction of sp³-hybridized carbons (Fsp3) is 0.400. The molecular weight excluding hydrogens is 222 g/mol. The largest absolute Gasteiger partial charge is 0.371 e. The van der Waals surface area contributed by atoms with Crippen LogP contribution in [0.25, 0.3) is 10.9 Å². The fourth-order valence-corrected chi connectivity index (χ4v) is 2.79. The Kier molecular flexibility index (Phi) is 2.92. The van der Waals surface area contributed by atoms with Gasteiger partial charge in [0.15, 0.2) is 0 Å². The molecule has 0 amide bonds. The molecule has 2 aromatic rings. The highest BCUT2D eigenvalue weighted by Crippen LogP contribution is 2.30. The van der Waals surface area contributed by atoms with Gasteiger partial charge in [0.2, 0.25) is 0 Å². The maximum Gasteiger partial charge on any atom is 0.0726 e. The van der Waals surface area contributed by atoms with Crippen molar-refractivity contribution in [2.24, 2.45) is 11.7 Å². The number of nitrogens with two attached hydrogens (primary N) is 1. The molecule has 3 nitrogen and oxygen atoms in total. The standard InChI is InChI=1S/C15H19N3/c1-11-8-15(18-7-6-12(9-16)10-18)13-4-2-3-5-14(13)17-11/h2-5,8,12H,6-7,9-10,16H2,1H3. The monoisotopic (exact) mass is 241 g/mol. The maximum atomic E-state index is 5.78. The Balaban J connectivity index is 2.06. The second-order valence-electron chi connectivity index (χ2n) is 5.14. The van der Waals surface area contributed by atoms with Crippen molar-refractivity contribution in [1.82, 2.24) is 4.98 Å². The molecule has 0 bridgehead atoms. The summed E-state index contributed by atoms with van der Waals surface area (Å²) in [7, 11) is 0. The molecular formula is C15H19N3. The van der Waals surface area contributed by atoms with Crippen molar-refractivity contribution in [3.8, 4) is 0 Å². The first-order valence-electron chi connectivity index (χ1n) is 6.59. The molecule has 1 aromatic carbocycles. The summed E-state index contributed by atoms with van der Waals surface area (Å²) in [6.45, 7) is 5.03. The molecule has 3 rings (SSSR count). The van der Waals surface area contributed by atoms with Gasteiger partial charge in [-0.05, 0) is 37.9 Å². The number of para-hydroxylation sites is 1. The Morgan fingerprint density at radius 1 is 1.39 bits per heavy atom. The topological polar surface area (TPSA) is 42.1 Å². The Bertz CT molecular complexity index is 565. The van der Waals surface area contributed by atoms with Crippen LogP contribution in [0.5, 0.6) is 0 Å². The van der Waals surface area contributed by atoms with Gasteiger partial charge >= 0.3 is 0 Å². The van der Waals surface area contributed by atoms with Gasteiger partial charge in [0.25, 0.3) is 0 Å². The number of benzene rings is 1. The molecule has 1 atom stereocenters. The molecule has 1 unspecified atom stereocenters. The van der Waals surface area contributed by atoms with E-state index in [1.54, 1.807) is 0 Å². The zero-order valence-electron chi connectivity index (χ0n) is 10.8. The zero-order chi connectivity index (χ0) is 12.5. The van der Waals surface area contributed by atoms with E-state index in [0.29, 0.717) is 5.92 Å². The molecule has 1 aliphatic heterocycles. The van der Waals surface area contributed by atoms with Crippen molar-refractivity contribution in [2.45, 2.75) is 13.3 Å². The number of anilines is 1. The molecule has 2 N–H and O–H groups in total. The van der Waals surface area contributed by atoms with E-state index in [2.05, 4.69) is 41.1 Å². The number of hydrogen-bond donors (Lipinski definition) is 1. The summed E-state index contributed by atoms with van der Waals surface area (Å²) in [5.74, 6) is 0.636. The first kappa shape index (κ1) is 11.5. The number of hydrogen-bond acceptors (Lipinski definition) is 3. The van der Waals surface area contributed by atoms with Crippen molar-refractivity contribution in [3.05, 3.63) is 36.0 Å². The molecule has 0 aliphatic carbocycles. The minimum Gasteiger partial charge on any atom is -0.371 e. The predicted octanol–water partition coefficient (Wildman–Crippen LogP) is 2.33. The number of pyridine rings is 1. The van der Waals surface area contributed by atoms with Gasteiger partial charge in [0, 0.05) is 29.9 Å². The lowest BCUT2D eigenvalue weighted by atomic mass is 10.1. The van der Waals surface area contributed by atoms with Crippen LogP contribution < -0.4 is 10.6 Å². The third-order valence-electron chi connectivity index (χ3n) is 3.78. The molecule has 1 aromatic heterocycles. The van der Waals surface area contributed by atoms with Gasteiger partial charge in [0.05, 0.1) is 5.52 Å². The Morgan fingerprint density at radius 2 is 2.22 bits per heavy atom. The normalized spacial score (nSPS) is 19.7. The second-order valence-corrected chi connectivity index (χ2v) is 5.14. The second kappa shape index (κ2) is 4.58. The first-order valence-corrected chi connectivity index (χ1v) is 6.59. The highest BCUT2D eigenvalue weighted by molar-refractivity contribution is 5.92. The van der Waals surface area contributed by atoms with E-state index in [1.165, 1.54) is 17.5 Å². The van der Waals surface area contributed by atoms with Gasteiger partial charge in [-0.2, -0.15) is 0 Å². The van der Waals surface area contributed by atoms with Crippen LogP contribution in [0.4, 0.5) is 5.69 Å². The summed E-state index contributed by atoms with van der Waals surface area (Å²) in [6, 6.07) is 10.6. The average Bonchev–Trinajstić information content (AvgIpc) is 2.86. The van der Waals surface area contributed by atoms with Crippen LogP contribution in [-0.2, 0) is 0 Å². The third kappa shape index (κ3) is 1.95. The summed E-state index contributed by atoms with van der Waals surface area (Å²) in [5, 5.41) is 1.25. The molecule has 1 saturated heterocycles. The zero-order valence-corrected chi connectivity index (χ0v) is 10.8. The van der Waals surface area contributed by atoms with Crippen LogP contribution >= 0.6 is 0 Å². The van der Waals surface area contributed by atoms with Gasteiger partial charge < -0.3 is 10.6 Å². The van der Waals surface area contributed by atoms with E-state index < -0.39 is 0 Å². The van der Waals surface area contributed by atoms with E-state index in [1.807, 2.05) is 6.07 Å². The lowest BCUT2D eigenvalue weighted by Gasteiger charge is -2.21. The van der Waals surface area contributed by atoms with Crippen molar-refractivity contribution in [1.29, 1.82) is 0 Å². The molecule has 0 saturated carbocycles. The number of fused-ring (bicyclic) bond motifs is 1. The van der Waals surface area contributed by atoms with Gasteiger partial charge in [-0.3, -0.25) is 4.98 Å². The van der Waals surface area contributed by atoms with Gasteiger partial charge in [-0.1, -0.05) is 18.2 Å². The van der Waals surface area contributed by atoms with Crippen LogP contribution in [0, 0.1) is 12.8 Å². The number of rotatable bonds is 2. The van der Waals surface area contributed by atoms with E-state index in [-0.39, 0.29) is 0 Å². The van der Waals surface area contributed by atoms with Gasteiger partial charge in [0.1, 0.15) is 0 Å². The summed E-state index contributed by atoms with van der Waals surface area (Å²) < 4.78 is 0. The molecule has 0 radical (unpaired) electrons. The summed E-state index contributed by atoms with van der Waals surface area (Å²) in [4.78, 5) is 7.05. The predicted molar refractivity (Wildman–Crippen MR) is 75.9 cm³/mol. The summed E-state index contributed by atoms with van der Waals surface area (Å²) in [5.41, 5.74) is 9.26. The Labute approximate surface area is 108 Å². The van der Waals surface area contributed by atoms with E-state index in [4.69, 9.17) is 5.73 Å². The third-order valence-corrected chi connectivity index (χ3v) is 3.78. The molecule has 94 valence electrons. The molecule has 1 fully saturated rings. The lowest BCUT2D eigenvalue weighted by molar-refractivity contribution is 0.603. The smallest absolute Gasteiger partial charge is 0.0726 e. The Hall–Kier alpha value is -1.61. The highest BCUT2D eigenvalue weighted by Gasteiger charge is 2.22. The SMILES string of the molecule is Cc1cc(N2CCC(CN)C2)c2ccccc2n1. The van der Waals surface area contributed by atoms with Crippen LogP contribution in [0.2, 0.25) is 0 Å². The van der Waals surface area contributed by atoms with Crippen LogP contribution in [0.1, 0.15) is 12.1 Å². The minimum absolute atomic E-state index is 0.636. The summed E-state index contributed by atoms with van der Waals surface area (Å²) in [6.07, 6.45) is 1.20. The highest BCUT2D eigenvalue weighted by atomic mass is 15.2. The van der Waals surface area contributed by atoms with Gasteiger partial charge in [-0.25, -0.2) is 0 Å². The van der Waals surface area contributed by atoms with Gasteiger partial charge in [-0.15, -0.1) is 0 Å². The average molecular weight is 241 g/mol. The minimum atomic E-state index is 0.636. The quantitative estimate of drug-likeness (QED) is 0.877. The molecule has 1 aliphatic rings. The van der Waals surface area contributed by atoms with E-state index in [9.17, 15) is 0 Å². The summed E-state index contributed by atoms with van der Waals surface area (Å²) >= 11 is 0. The van der Waals surface area contributed by atoms with Crippen LogP contribution in [0.3, 0.4) is 0 Å². The maximum absolute atomic E-state index is 5.78. The number of nitrogens with zero attached hydrogens (tertiary/aromatic N) is 2. The molecule has 18 heavy (non-hydrogen) atoms. The van der Waals surface area contributed by atoms with E-state index >= 15 is 0 Å². The number of aromatic nitrogens is 1. The molecule has 0 spiro atoms. The molecule has 3 heteroatoms. The van der Waals surface area contributed by atoms with Crippen LogP contribution in [-0.4, -0.2) is 24.6 Å². The number of aryl methyl sites for hydroxylation is 1. The first-order chi connectivity index (χ1) is 8.78. The van der Waals surface area contributed by atoms with Crippen LogP contribution in [0.15, 0.2) is 30.3 Å². The van der Waals surface area contributed by atoms with Crippen molar-refractivity contribution in [3.63, 3.8) is 0 Å². The van der Waals surface area contributed by atoms with Crippen molar-refractivity contribution >= 4 is 16.6 Å². The fourth-order valence-electron chi connectivity index (χ4n) is 2.79. The van der Waals surface area contributed by atoms with Crippen molar-refractivity contribution in [2.75, 3.05) is 24.5 Å². The van der Waals surface area contributed by atoms with Crippen molar-refractivity contribution < 1.29 is 0 Å². The lowest BCUT2D eigenvalue weighted by Crippen LogP contribution is -2.23. The Morgan fingerprint density at radius 3 is 3.00 bits per heavy atom.